The summed E-state index contributed by atoms with van der Waals surface area (Å²) in [5.41, 5.74) is 4.58. The number of nitrogens with zero attached hydrogens (tertiary/aromatic N) is 3. The lowest BCUT2D eigenvalue weighted by molar-refractivity contribution is -0.145. The molecule has 8 rings (SSSR count). The highest BCUT2D eigenvalue weighted by Crippen LogP contribution is 2.34. The van der Waals surface area contributed by atoms with Gasteiger partial charge in [-0.05, 0) is 191 Å². The van der Waals surface area contributed by atoms with Gasteiger partial charge in [-0.3, -0.25) is 33.6 Å². The maximum atomic E-state index is 13.7. The fourth-order valence-corrected chi connectivity index (χ4v) is 8.94. The molecule has 1 saturated carbocycles. The second-order valence-electron chi connectivity index (χ2n) is 18.8. The van der Waals surface area contributed by atoms with Crippen LogP contribution < -0.4 is 33.6 Å². The number of benzene rings is 7. The number of esters is 3. The fraction of sp³-hybridized carbons (Fsp3) is 0.188. The van der Waals surface area contributed by atoms with Gasteiger partial charge in [0.2, 0.25) is 0 Å². The van der Waals surface area contributed by atoms with Crippen molar-refractivity contribution >= 4 is 70.3 Å². The van der Waals surface area contributed by atoms with Crippen LogP contribution in [0.15, 0.2) is 176 Å². The highest BCUT2D eigenvalue weighted by molar-refractivity contribution is 6.10. The van der Waals surface area contributed by atoms with E-state index < -0.39 is 29.7 Å². The summed E-state index contributed by atoms with van der Waals surface area (Å²) in [6.07, 6.45) is 4.68. The first-order valence-corrected chi connectivity index (χ1v) is 25.6. The molecule has 0 spiro atoms. The van der Waals surface area contributed by atoms with Crippen molar-refractivity contribution in [1.29, 1.82) is 0 Å². The van der Waals surface area contributed by atoms with Crippen molar-refractivity contribution in [2.45, 2.75) is 39.5 Å². The molecule has 0 radical (unpaired) electrons. The van der Waals surface area contributed by atoms with E-state index in [0.29, 0.717) is 88.4 Å². The van der Waals surface area contributed by atoms with E-state index in [1.807, 2.05) is 13.0 Å². The maximum absolute atomic E-state index is 13.7. The number of Topliss-reactive ketones (excluding diaryl/α,β-unsaturated/α-hetero) is 1. The lowest BCUT2D eigenvalue weighted by Crippen LogP contribution is -2.31. The molecule has 400 valence electrons. The fourth-order valence-electron chi connectivity index (χ4n) is 8.94. The predicted octanol–water partition coefficient (Wildman–Crippen LogP) is 11.6. The molecule has 1 aliphatic rings. The number of anilines is 3. The third-order valence-corrected chi connectivity index (χ3v) is 13.7. The molecule has 0 aromatic heterocycles. The monoisotopic (exact) mass is 1060 g/mol. The Kier molecular flexibility index (Phi) is 17.8. The van der Waals surface area contributed by atoms with Gasteiger partial charge < -0.3 is 33.6 Å². The molecule has 15 heteroatoms. The molecule has 0 bridgehead atoms. The second kappa shape index (κ2) is 25.4. The van der Waals surface area contributed by atoms with Gasteiger partial charge in [0.25, 0.3) is 17.7 Å². The quantitative estimate of drug-likeness (QED) is 0.0343. The van der Waals surface area contributed by atoms with Crippen molar-refractivity contribution in [3.8, 4) is 23.0 Å². The number of ketones is 2. The van der Waals surface area contributed by atoms with E-state index in [1.54, 1.807) is 189 Å². The minimum atomic E-state index is -0.630. The number of rotatable bonds is 18. The molecule has 0 unspecified atom stereocenters. The van der Waals surface area contributed by atoms with Crippen LogP contribution in [0.2, 0.25) is 0 Å². The summed E-state index contributed by atoms with van der Waals surface area (Å²) in [6.45, 7) is 3.63. The third-order valence-electron chi connectivity index (χ3n) is 13.7. The van der Waals surface area contributed by atoms with E-state index in [9.17, 15) is 38.4 Å². The third kappa shape index (κ3) is 13.6. The van der Waals surface area contributed by atoms with E-state index in [1.165, 1.54) is 29.9 Å². The van der Waals surface area contributed by atoms with E-state index in [-0.39, 0.29) is 52.1 Å². The molecule has 1 fully saturated rings. The Morgan fingerprint density at radius 3 is 1.44 bits per heavy atom. The van der Waals surface area contributed by atoms with Gasteiger partial charge in [-0.1, -0.05) is 30.3 Å². The summed E-state index contributed by atoms with van der Waals surface area (Å²) in [5, 5.41) is 0. The van der Waals surface area contributed by atoms with Gasteiger partial charge in [-0.25, -0.2) is 4.79 Å². The van der Waals surface area contributed by atoms with Crippen molar-refractivity contribution in [2.24, 2.45) is 11.8 Å². The average molecular weight is 1060 g/mol. The molecule has 7 aromatic carbocycles. The van der Waals surface area contributed by atoms with E-state index in [2.05, 4.69) is 0 Å². The van der Waals surface area contributed by atoms with Crippen molar-refractivity contribution in [3.63, 3.8) is 0 Å². The van der Waals surface area contributed by atoms with Gasteiger partial charge in [0.05, 0.1) is 24.5 Å². The highest BCUT2D eigenvalue weighted by atomic mass is 16.5. The lowest BCUT2D eigenvalue weighted by atomic mass is 9.82. The minimum absolute atomic E-state index is 0.0713. The molecular weight excluding hydrogens is 1000 g/mol. The predicted molar refractivity (Wildman–Crippen MR) is 300 cm³/mol. The van der Waals surface area contributed by atoms with Gasteiger partial charge >= 0.3 is 17.9 Å². The number of allylic oxidation sites excluding steroid dienone is 1. The Labute approximate surface area is 457 Å². The Morgan fingerprint density at radius 2 is 0.924 bits per heavy atom. The second-order valence-corrected chi connectivity index (χ2v) is 18.8. The van der Waals surface area contributed by atoms with Crippen LogP contribution in [-0.2, 0) is 9.59 Å². The molecule has 15 nitrogen and oxygen atoms in total. The average Bonchev–Trinajstić information content (AvgIpc) is 3.49. The van der Waals surface area contributed by atoms with Crippen LogP contribution in [-0.4, -0.2) is 74.9 Å². The summed E-state index contributed by atoms with van der Waals surface area (Å²) in [6, 6.07) is 45.9. The molecule has 1 aliphatic carbocycles. The van der Waals surface area contributed by atoms with Crippen LogP contribution in [0, 0.1) is 11.8 Å². The maximum Gasteiger partial charge on any atom is 0.343 e. The number of carbonyl (C=O) groups excluding carboxylic acids is 8. The minimum Gasteiger partial charge on any atom is -0.497 e. The SMILES string of the molecule is CCN(C(=O)c1ccc(OC(=O)C2CCC(C(=O)Oc3ccc(OC)cc3/C=C/C(=O)c3ccccc3)CC2)cc1)c1ccc(OC(=O)c2ccc(N(C)C(=O)c3ccc(C(=O)N(C)c4ccc(C(C)=O)cc4)cc3)cc2)cc1. The molecule has 0 atom stereocenters. The number of hydrogen-bond acceptors (Lipinski definition) is 12. The van der Waals surface area contributed by atoms with Crippen LogP contribution in [0.3, 0.4) is 0 Å². The summed E-state index contributed by atoms with van der Waals surface area (Å²) in [7, 11) is 4.75. The first-order chi connectivity index (χ1) is 38.1. The number of methoxy groups -OCH3 is 1. The van der Waals surface area contributed by atoms with Gasteiger partial charge in [0.15, 0.2) is 11.6 Å². The van der Waals surface area contributed by atoms with Crippen LogP contribution in [0.1, 0.15) is 107 Å². The number of hydrogen-bond donors (Lipinski definition) is 0. The smallest absolute Gasteiger partial charge is 0.343 e. The van der Waals surface area contributed by atoms with E-state index in [0.717, 1.165) is 0 Å². The summed E-state index contributed by atoms with van der Waals surface area (Å²) >= 11 is 0. The van der Waals surface area contributed by atoms with Crippen molar-refractivity contribution < 1.29 is 57.3 Å². The Morgan fingerprint density at radius 1 is 0.481 bits per heavy atom. The normalized spacial score (nSPS) is 13.8. The Bertz CT molecular complexity index is 3400. The zero-order valence-electron chi connectivity index (χ0n) is 44.3. The van der Waals surface area contributed by atoms with Crippen molar-refractivity contribution in [1.82, 2.24) is 0 Å². The van der Waals surface area contributed by atoms with Crippen LogP contribution in [0.4, 0.5) is 17.1 Å². The van der Waals surface area contributed by atoms with Crippen molar-refractivity contribution in [3.05, 3.63) is 215 Å². The molecule has 0 aliphatic heterocycles. The van der Waals surface area contributed by atoms with Gasteiger partial charge in [-0.2, -0.15) is 0 Å². The zero-order valence-corrected chi connectivity index (χ0v) is 44.3. The van der Waals surface area contributed by atoms with Crippen LogP contribution in [0.25, 0.3) is 6.08 Å². The summed E-state index contributed by atoms with van der Waals surface area (Å²) in [5.74, 6) is -2.22. The summed E-state index contributed by atoms with van der Waals surface area (Å²) in [4.78, 5) is 109. The first-order valence-electron chi connectivity index (χ1n) is 25.6. The van der Waals surface area contributed by atoms with Gasteiger partial charge in [-0.15, -0.1) is 0 Å². The first kappa shape index (κ1) is 55.5. The molecule has 0 N–H and O–H groups in total. The van der Waals surface area contributed by atoms with Crippen LogP contribution in [0.5, 0.6) is 23.0 Å². The standard InChI is InChI=1S/C64H57N3O12/c1-6-67(53-31-35-55(36-32-53)78-63(74)49-22-29-52(30-23-49)66(4)60(71)45-14-12-44(13-15-45)59(70)65(3)51-27-20-42(21-28-51)41(2)68)61(72)46-24-33-54(34-25-46)77-62(73)47-16-18-48(19-17-47)64(75)79-58-39-37-56(76-5)40-50(58)26-38-57(69)43-10-8-7-9-11-43/h7-15,20-40,47-48H,6,16-19H2,1-5H3/b38-26+. The molecule has 0 heterocycles. The van der Waals surface area contributed by atoms with Gasteiger partial charge in [0, 0.05) is 71.1 Å². The molecular formula is C64H57N3O12. The highest BCUT2D eigenvalue weighted by Gasteiger charge is 2.33. The van der Waals surface area contributed by atoms with Crippen LogP contribution >= 0.6 is 0 Å². The van der Waals surface area contributed by atoms with E-state index >= 15 is 0 Å². The number of ether oxygens (including phenoxy) is 4. The van der Waals surface area contributed by atoms with Crippen molar-refractivity contribution in [2.75, 3.05) is 42.4 Å². The van der Waals surface area contributed by atoms with Gasteiger partial charge in [0.1, 0.15) is 23.0 Å². The topological polar surface area (TPSA) is 183 Å². The van der Waals surface area contributed by atoms with E-state index in [4.69, 9.17) is 18.9 Å². The summed E-state index contributed by atoms with van der Waals surface area (Å²) < 4.78 is 22.5. The Hall–Kier alpha value is -9.76. The molecule has 0 saturated heterocycles. The Balaban J connectivity index is 0.788. The molecule has 3 amide bonds. The number of carbonyl (C=O) groups is 8. The lowest BCUT2D eigenvalue weighted by Gasteiger charge is -2.26. The molecule has 7 aromatic rings. The zero-order chi connectivity index (χ0) is 56.2. The number of amides is 3. The molecule has 79 heavy (non-hydrogen) atoms. The largest absolute Gasteiger partial charge is 0.497 e.